The number of hydrogen-bond acceptors (Lipinski definition) is 4. The number of hydrogen-bond donors (Lipinski definition) is 1. The molecule has 0 unspecified atom stereocenters. The van der Waals surface area contributed by atoms with Gasteiger partial charge in [0.25, 0.3) is 5.91 Å². The van der Waals surface area contributed by atoms with Gasteiger partial charge in [-0.25, -0.2) is 9.18 Å². The number of esters is 1. The number of halogens is 2. The first-order valence-corrected chi connectivity index (χ1v) is 7.35. The molecule has 2 aromatic carbocycles. The van der Waals surface area contributed by atoms with Gasteiger partial charge in [-0.15, -0.1) is 0 Å². The number of ether oxygens (including phenoxy) is 2. The molecule has 0 aliphatic rings. The number of methoxy groups -OCH3 is 1. The van der Waals surface area contributed by atoms with E-state index in [0.29, 0.717) is 15.9 Å². The minimum atomic E-state index is -0.903. The second-order valence-electron chi connectivity index (χ2n) is 4.48. The highest BCUT2D eigenvalue weighted by molar-refractivity contribution is 9.10. The van der Waals surface area contributed by atoms with Crippen LogP contribution in [0.2, 0.25) is 0 Å². The maximum Gasteiger partial charge on any atom is 0.341 e. The second-order valence-corrected chi connectivity index (χ2v) is 5.39. The smallest absolute Gasteiger partial charge is 0.341 e. The number of carbonyl (C=O) groups excluding carboxylic acids is 2. The van der Waals surface area contributed by atoms with Crippen LogP contribution in [0.1, 0.15) is 10.4 Å². The van der Waals surface area contributed by atoms with E-state index in [4.69, 9.17) is 9.47 Å². The van der Waals surface area contributed by atoms with Crippen LogP contribution in [0.4, 0.5) is 10.1 Å². The Labute approximate surface area is 140 Å². The standard InChI is InChI=1S/C16H13BrFNO4/c1-22-12-5-3-11(4-6-12)19-15(20)9-23-16(21)13-7-2-10(17)8-14(13)18/h2-8H,9H2,1H3,(H,19,20). The molecule has 1 N–H and O–H groups in total. The Morgan fingerprint density at radius 2 is 1.87 bits per heavy atom. The highest BCUT2D eigenvalue weighted by Crippen LogP contribution is 2.17. The van der Waals surface area contributed by atoms with Crippen molar-refractivity contribution in [3.05, 3.63) is 58.3 Å². The minimum absolute atomic E-state index is 0.231. The zero-order valence-electron chi connectivity index (χ0n) is 12.1. The van der Waals surface area contributed by atoms with E-state index in [-0.39, 0.29) is 5.56 Å². The zero-order chi connectivity index (χ0) is 16.8. The van der Waals surface area contributed by atoms with Gasteiger partial charge in [-0.1, -0.05) is 15.9 Å². The fraction of sp³-hybridized carbons (Fsp3) is 0.125. The molecule has 0 bridgehead atoms. The number of benzene rings is 2. The maximum absolute atomic E-state index is 13.6. The summed E-state index contributed by atoms with van der Waals surface area (Å²) < 4.78 is 23.9. The lowest BCUT2D eigenvalue weighted by atomic mass is 10.2. The average Bonchev–Trinajstić information content (AvgIpc) is 2.53. The third-order valence-electron chi connectivity index (χ3n) is 2.86. The van der Waals surface area contributed by atoms with Gasteiger partial charge in [0.15, 0.2) is 6.61 Å². The zero-order valence-corrected chi connectivity index (χ0v) is 13.7. The molecule has 0 aliphatic heterocycles. The van der Waals surface area contributed by atoms with Gasteiger partial charge >= 0.3 is 5.97 Å². The molecule has 2 aromatic rings. The predicted molar refractivity (Wildman–Crippen MR) is 86.0 cm³/mol. The molecule has 0 saturated heterocycles. The average molecular weight is 382 g/mol. The number of amides is 1. The molecule has 0 aliphatic carbocycles. The number of anilines is 1. The Bertz CT molecular complexity index is 719. The summed E-state index contributed by atoms with van der Waals surface area (Å²) in [5, 5.41) is 2.55. The molecule has 0 spiro atoms. The van der Waals surface area contributed by atoms with Crippen molar-refractivity contribution in [1.29, 1.82) is 0 Å². The van der Waals surface area contributed by atoms with Gasteiger partial charge in [-0.05, 0) is 42.5 Å². The van der Waals surface area contributed by atoms with Crippen LogP contribution >= 0.6 is 15.9 Å². The van der Waals surface area contributed by atoms with Crippen LogP contribution in [0.15, 0.2) is 46.9 Å². The van der Waals surface area contributed by atoms with Gasteiger partial charge in [-0.2, -0.15) is 0 Å². The largest absolute Gasteiger partial charge is 0.497 e. The maximum atomic E-state index is 13.6. The predicted octanol–water partition coefficient (Wildman–Crippen LogP) is 3.39. The summed E-state index contributed by atoms with van der Waals surface area (Å²) in [7, 11) is 1.54. The second kappa shape index (κ2) is 7.73. The molecule has 0 heterocycles. The van der Waals surface area contributed by atoms with Gasteiger partial charge < -0.3 is 14.8 Å². The molecule has 7 heteroatoms. The molecular weight excluding hydrogens is 369 g/mol. The van der Waals surface area contributed by atoms with Crippen molar-refractivity contribution in [2.24, 2.45) is 0 Å². The Hall–Kier alpha value is -2.41. The summed E-state index contributed by atoms with van der Waals surface area (Å²) in [6.07, 6.45) is 0. The van der Waals surface area contributed by atoms with Gasteiger partial charge in [0.05, 0.1) is 12.7 Å². The van der Waals surface area contributed by atoms with E-state index >= 15 is 0 Å². The summed E-state index contributed by atoms with van der Waals surface area (Å²) in [6, 6.07) is 10.6. The van der Waals surface area contributed by atoms with E-state index in [1.165, 1.54) is 19.2 Å². The Morgan fingerprint density at radius 1 is 1.17 bits per heavy atom. The minimum Gasteiger partial charge on any atom is -0.497 e. The van der Waals surface area contributed by atoms with Gasteiger partial charge in [0.2, 0.25) is 0 Å². The molecule has 0 aromatic heterocycles. The normalized spacial score (nSPS) is 10.0. The first-order chi connectivity index (χ1) is 11.0. The molecule has 120 valence electrons. The summed E-state index contributed by atoms with van der Waals surface area (Å²) in [4.78, 5) is 23.5. The molecule has 1 amide bonds. The number of nitrogens with one attached hydrogen (secondary N) is 1. The summed E-state index contributed by atoms with van der Waals surface area (Å²) in [5.41, 5.74) is 0.298. The fourth-order valence-corrected chi connectivity index (χ4v) is 2.07. The molecule has 5 nitrogen and oxygen atoms in total. The fourth-order valence-electron chi connectivity index (χ4n) is 1.74. The van der Waals surface area contributed by atoms with Crippen molar-refractivity contribution in [2.75, 3.05) is 19.0 Å². The van der Waals surface area contributed by atoms with E-state index in [1.54, 1.807) is 24.3 Å². The van der Waals surface area contributed by atoms with E-state index in [9.17, 15) is 14.0 Å². The van der Waals surface area contributed by atoms with Crippen LogP contribution in [0.5, 0.6) is 5.75 Å². The first kappa shape index (κ1) is 17.0. The topological polar surface area (TPSA) is 64.6 Å². The van der Waals surface area contributed by atoms with Crippen LogP contribution in [-0.4, -0.2) is 25.6 Å². The van der Waals surface area contributed by atoms with Crippen LogP contribution in [-0.2, 0) is 9.53 Å². The van der Waals surface area contributed by atoms with Crippen molar-refractivity contribution in [2.45, 2.75) is 0 Å². The highest BCUT2D eigenvalue weighted by atomic mass is 79.9. The first-order valence-electron chi connectivity index (χ1n) is 6.55. The van der Waals surface area contributed by atoms with Crippen molar-refractivity contribution < 1.29 is 23.5 Å². The van der Waals surface area contributed by atoms with Crippen LogP contribution in [0.3, 0.4) is 0 Å². The highest BCUT2D eigenvalue weighted by Gasteiger charge is 2.15. The van der Waals surface area contributed by atoms with Crippen molar-refractivity contribution in [3.63, 3.8) is 0 Å². The van der Waals surface area contributed by atoms with Crippen molar-refractivity contribution in [3.8, 4) is 5.75 Å². The molecule has 0 saturated carbocycles. The summed E-state index contributed by atoms with van der Waals surface area (Å²) in [5.74, 6) is -1.50. The Morgan fingerprint density at radius 3 is 2.48 bits per heavy atom. The monoisotopic (exact) mass is 381 g/mol. The van der Waals surface area contributed by atoms with E-state index in [1.807, 2.05) is 0 Å². The number of carbonyl (C=O) groups is 2. The van der Waals surface area contributed by atoms with Crippen LogP contribution in [0, 0.1) is 5.82 Å². The third-order valence-corrected chi connectivity index (χ3v) is 3.35. The molecule has 0 atom stereocenters. The van der Waals surface area contributed by atoms with E-state index < -0.39 is 24.3 Å². The SMILES string of the molecule is COc1ccc(NC(=O)COC(=O)c2ccc(Br)cc2F)cc1. The lowest BCUT2D eigenvalue weighted by Gasteiger charge is -2.08. The lowest BCUT2D eigenvalue weighted by Crippen LogP contribution is -2.21. The van der Waals surface area contributed by atoms with Gasteiger partial charge in [-0.3, -0.25) is 4.79 Å². The van der Waals surface area contributed by atoms with Crippen molar-refractivity contribution in [1.82, 2.24) is 0 Å². The summed E-state index contributed by atoms with van der Waals surface area (Å²) in [6.45, 7) is -0.514. The molecule has 0 fully saturated rings. The number of rotatable bonds is 5. The summed E-state index contributed by atoms with van der Waals surface area (Å²) >= 11 is 3.09. The quantitative estimate of drug-likeness (QED) is 0.806. The molecule has 0 radical (unpaired) electrons. The molecule has 2 rings (SSSR count). The van der Waals surface area contributed by atoms with Crippen LogP contribution < -0.4 is 10.1 Å². The molecule has 23 heavy (non-hydrogen) atoms. The third kappa shape index (κ3) is 4.79. The van der Waals surface area contributed by atoms with Gasteiger partial charge in [0, 0.05) is 10.2 Å². The van der Waals surface area contributed by atoms with Crippen LogP contribution in [0.25, 0.3) is 0 Å². The molecular formula is C16H13BrFNO4. The van der Waals surface area contributed by atoms with Crippen molar-refractivity contribution >= 4 is 33.5 Å². The van der Waals surface area contributed by atoms with E-state index in [2.05, 4.69) is 21.2 Å². The lowest BCUT2D eigenvalue weighted by molar-refractivity contribution is -0.119. The Balaban J connectivity index is 1.89. The Kier molecular flexibility index (Phi) is 5.70. The van der Waals surface area contributed by atoms with E-state index in [0.717, 1.165) is 6.07 Å². The van der Waals surface area contributed by atoms with Gasteiger partial charge in [0.1, 0.15) is 11.6 Å².